The summed E-state index contributed by atoms with van der Waals surface area (Å²) < 4.78 is 16.9. The Balaban J connectivity index is 1.40. The molecule has 0 unspecified atom stereocenters. The second-order valence-electron chi connectivity index (χ2n) is 9.59. The molecule has 1 fully saturated rings. The summed E-state index contributed by atoms with van der Waals surface area (Å²) in [4.78, 5) is 9.51. The van der Waals surface area contributed by atoms with Crippen LogP contribution in [0.15, 0.2) is 42.7 Å². The van der Waals surface area contributed by atoms with E-state index in [1.807, 2.05) is 32.0 Å². The third-order valence-electron chi connectivity index (χ3n) is 6.73. The van der Waals surface area contributed by atoms with E-state index < -0.39 is 5.82 Å². The Bertz CT molecular complexity index is 1590. The summed E-state index contributed by atoms with van der Waals surface area (Å²) >= 11 is 0. The third-order valence-corrected chi connectivity index (χ3v) is 6.73. The van der Waals surface area contributed by atoms with Crippen LogP contribution in [0.5, 0.6) is 0 Å². The van der Waals surface area contributed by atoms with Crippen LogP contribution in [0.4, 0.5) is 15.9 Å². The number of H-pyrrole nitrogens is 1. The predicted octanol–water partition coefficient (Wildman–Crippen LogP) is 4.59. The Kier molecular flexibility index (Phi) is 5.88. The summed E-state index contributed by atoms with van der Waals surface area (Å²) in [5, 5.41) is 28.4. The number of halogens is 1. The minimum absolute atomic E-state index is 0.0171. The van der Waals surface area contributed by atoms with Gasteiger partial charge in [-0.15, -0.1) is 5.10 Å². The van der Waals surface area contributed by atoms with Gasteiger partial charge in [-0.2, -0.15) is 10.2 Å². The van der Waals surface area contributed by atoms with Crippen LogP contribution < -0.4 is 5.32 Å². The van der Waals surface area contributed by atoms with Crippen molar-refractivity contribution in [3.63, 3.8) is 0 Å². The van der Waals surface area contributed by atoms with Crippen molar-refractivity contribution in [1.82, 2.24) is 34.9 Å². The van der Waals surface area contributed by atoms with E-state index in [0.717, 1.165) is 40.3 Å². The highest BCUT2D eigenvalue weighted by atomic mass is 19.1. The van der Waals surface area contributed by atoms with E-state index in [0.29, 0.717) is 35.0 Å². The van der Waals surface area contributed by atoms with Gasteiger partial charge >= 0.3 is 0 Å². The average Bonchev–Trinajstić information content (AvgIpc) is 3.51. The predicted molar refractivity (Wildman–Crippen MR) is 138 cm³/mol. The Morgan fingerprint density at radius 1 is 1.14 bits per heavy atom. The van der Waals surface area contributed by atoms with E-state index in [4.69, 9.17) is 4.98 Å². The van der Waals surface area contributed by atoms with Crippen molar-refractivity contribution < 1.29 is 9.50 Å². The minimum atomic E-state index is -0.439. The van der Waals surface area contributed by atoms with E-state index in [2.05, 4.69) is 30.7 Å². The van der Waals surface area contributed by atoms with Gasteiger partial charge in [0.05, 0.1) is 33.8 Å². The molecule has 0 radical (unpaired) electrons. The molecule has 1 aliphatic carbocycles. The van der Waals surface area contributed by atoms with Gasteiger partial charge in [0.2, 0.25) is 0 Å². The molecule has 0 spiro atoms. The van der Waals surface area contributed by atoms with Crippen molar-refractivity contribution in [1.29, 1.82) is 0 Å². The monoisotopic (exact) mass is 498 g/mol. The number of anilines is 2. The molecule has 0 bridgehead atoms. The first kappa shape index (κ1) is 23.2. The first-order valence-electron chi connectivity index (χ1n) is 12.4. The molecule has 10 heteroatoms. The second kappa shape index (κ2) is 9.36. The summed E-state index contributed by atoms with van der Waals surface area (Å²) in [6.07, 6.45) is 5.48. The van der Waals surface area contributed by atoms with Crippen molar-refractivity contribution in [3.05, 3.63) is 71.2 Å². The first-order chi connectivity index (χ1) is 18.0. The lowest BCUT2D eigenvalue weighted by atomic mass is 9.99. The molecule has 4 aromatic heterocycles. The van der Waals surface area contributed by atoms with Crippen molar-refractivity contribution in [3.8, 4) is 17.1 Å². The highest BCUT2D eigenvalue weighted by molar-refractivity contribution is 5.82. The van der Waals surface area contributed by atoms with Crippen LogP contribution in [-0.2, 0) is 12.8 Å². The van der Waals surface area contributed by atoms with Crippen LogP contribution in [0.1, 0.15) is 35.5 Å². The number of rotatable bonds is 8. The standard InChI is InChI=1S/C27H27FN8O/c1-15-3-7-24(35-32-15)30-20-13-21-23(12-19(20)28)36(14-29-21)25-8-6-18(9-10-37)27(31-25)26-16(2)33-34-22(26)11-17-4-5-17/h3,6-8,12-14,17,37H,4-5,9-11H2,1-2H3,(H,30,35)(H,33,34). The maximum atomic E-state index is 15.1. The highest BCUT2D eigenvalue weighted by Crippen LogP contribution is 2.37. The lowest BCUT2D eigenvalue weighted by molar-refractivity contribution is 0.299. The molecule has 1 aliphatic rings. The lowest BCUT2D eigenvalue weighted by Crippen LogP contribution is -2.04. The molecule has 37 heavy (non-hydrogen) atoms. The fraction of sp³-hybridized carbons (Fsp3) is 0.296. The topological polar surface area (TPSA) is 117 Å². The van der Waals surface area contributed by atoms with Gasteiger partial charge in [0.15, 0.2) is 5.82 Å². The number of nitrogens with one attached hydrogen (secondary N) is 2. The number of hydrogen-bond acceptors (Lipinski definition) is 7. The maximum absolute atomic E-state index is 15.1. The number of aliphatic hydroxyl groups excluding tert-OH is 1. The number of aryl methyl sites for hydroxylation is 2. The molecule has 0 atom stereocenters. The molecule has 6 rings (SSSR count). The Hall–Kier alpha value is -4.18. The van der Waals surface area contributed by atoms with Crippen molar-refractivity contribution in [2.24, 2.45) is 5.92 Å². The number of benzene rings is 1. The van der Waals surface area contributed by atoms with E-state index in [1.165, 1.54) is 18.9 Å². The van der Waals surface area contributed by atoms with Gasteiger partial charge in [-0.1, -0.05) is 6.07 Å². The number of imidazole rings is 1. The summed E-state index contributed by atoms with van der Waals surface area (Å²) in [5.74, 6) is 1.29. The molecule has 3 N–H and O–H groups in total. The summed E-state index contributed by atoms with van der Waals surface area (Å²) in [6.45, 7) is 3.85. The first-order valence-corrected chi connectivity index (χ1v) is 12.4. The SMILES string of the molecule is Cc1ccc(Nc2cc3ncn(-c4ccc(CCO)c(-c5c(CC6CC6)n[nH]c5C)n4)c3cc2F)nn1. The van der Waals surface area contributed by atoms with Crippen LogP contribution in [0, 0.1) is 25.6 Å². The number of nitrogens with zero attached hydrogens (tertiary/aromatic N) is 6. The zero-order valence-electron chi connectivity index (χ0n) is 20.7. The molecule has 0 amide bonds. The molecule has 1 aromatic carbocycles. The zero-order chi connectivity index (χ0) is 25.5. The van der Waals surface area contributed by atoms with Gasteiger partial charge in [0.1, 0.15) is 18.0 Å². The van der Waals surface area contributed by atoms with Crippen LogP contribution in [0.25, 0.3) is 28.1 Å². The van der Waals surface area contributed by atoms with Crippen LogP contribution in [0.2, 0.25) is 0 Å². The van der Waals surface area contributed by atoms with Crippen molar-refractivity contribution >= 4 is 22.5 Å². The van der Waals surface area contributed by atoms with E-state index >= 15 is 4.39 Å². The van der Waals surface area contributed by atoms with Crippen LogP contribution >= 0.6 is 0 Å². The Labute approximate surface area is 212 Å². The van der Waals surface area contributed by atoms with E-state index in [9.17, 15) is 5.11 Å². The number of hydrogen-bond donors (Lipinski definition) is 3. The van der Waals surface area contributed by atoms with Crippen LogP contribution in [0.3, 0.4) is 0 Å². The maximum Gasteiger partial charge on any atom is 0.153 e. The van der Waals surface area contributed by atoms with Gasteiger partial charge in [-0.3, -0.25) is 9.67 Å². The number of aliphatic hydroxyl groups is 1. The molecule has 0 saturated heterocycles. The lowest BCUT2D eigenvalue weighted by Gasteiger charge is -2.13. The van der Waals surface area contributed by atoms with Gasteiger partial charge in [0.25, 0.3) is 0 Å². The summed E-state index contributed by atoms with van der Waals surface area (Å²) in [6, 6.07) is 10.5. The smallest absolute Gasteiger partial charge is 0.153 e. The number of aromatic amines is 1. The normalized spacial score (nSPS) is 13.4. The van der Waals surface area contributed by atoms with Gasteiger partial charge in [-0.25, -0.2) is 14.4 Å². The van der Waals surface area contributed by atoms with E-state index in [-0.39, 0.29) is 12.3 Å². The number of pyridine rings is 1. The molecular formula is C27H27FN8O. The third kappa shape index (κ3) is 4.55. The molecule has 4 heterocycles. The Morgan fingerprint density at radius 3 is 2.76 bits per heavy atom. The van der Waals surface area contributed by atoms with Crippen molar-refractivity contribution in [2.45, 2.75) is 39.5 Å². The average molecular weight is 499 g/mol. The number of aromatic nitrogens is 7. The van der Waals surface area contributed by atoms with Gasteiger partial charge in [-0.05, 0) is 75.3 Å². The highest BCUT2D eigenvalue weighted by Gasteiger charge is 2.26. The fourth-order valence-corrected chi connectivity index (χ4v) is 4.60. The summed E-state index contributed by atoms with van der Waals surface area (Å²) in [5.41, 5.74) is 6.90. The van der Waals surface area contributed by atoms with Gasteiger partial charge in [0, 0.05) is 23.9 Å². The largest absolute Gasteiger partial charge is 0.396 e. The van der Waals surface area contributed by atoms with Crippen molar-refractivity contribution in [2.75, 3.05) is 11.9 Å². The summed E-state index contributed by atoms with van der Waals surface area (Å²) in [7, 11) is 0. The van der Waals surface area contributed by atoms with E-state index in [1.54, 1.807) is 23.0 Å². The molecule has 9 nitrogen and oxygen atoms in total. The zero-order valence-corrected chi connectivity index (χ0v) is 20.7. The molecule has 1 saturated carbocycles. The fourth-order valence-electron chi connectivity index (χ4n) is 4.60. The molecule has 0 aliphatic heterocycles. The number of fused-ring (bicyclic) bond motifs is 1. The minimum Gasteiger partial charge on any atom is -0.396 e. The quantitative estimate of drug-likeness (QED) is 0.286. The Morgan fingerprint density at radius 2 is 2.00 bits per heavy atom. The van der Waals surface area contributed by atoms with Crippen LogP contribution in [-0.4, -0.2) is 46.6 Å². The molecular weight excluding hydrogens is 471 g/mol. The molecule has 5 aromatic rings. The van der Waals surface area contributed by atoms with Gasteiger partial charge < -0.3 is 10.4 Å². The second-order valence-corrected chi connectivity index (χ2v) is 9.59. The molecule has 188 valence electrons.